The Morgan fingerprint density at radius 3 is 2.52 bits per heavy atom. The Kier molecular flexibility index (Phi) is 5.25. The van der Waals surface area contributed by atoms with E-state index in [-0.39, 0.29) is 30.7 Å². The van der Waals surface area contributed by atoms with Gasteiger partial charge in [-0.15, -0.1) is 0 Å². The number of fused-ring (bicyclic) bond motifs is 1. The molecule has 1 saturated heterocycles. The molecule has 1 aliphatic heterocycles. The fraction of sp³-hybridized carbons (Fsp3) is 0.368. The maximum absolute atomic E-state index is 12.8. The summed E-state index contributed by atoms with van der Waals surface area (Å²) in [4.78, 5) is 25.4. The van der Waals surface area contributed by atoms with Crippen LogP contribution in [0.4, 0.5) is 13.2 Å². The molecule has 2 aromatic rings. The van der Waals surface area contributed by atoms with E-state index in [2.05, 4.69) is 0 Å². The van der Waals surface area contributed by atoms with Gasteiger partial charge in [-0.1, -0.05) is 24.3 Å². The molecule has 1 N–H and O–H groups in total. The fourth-order valence-corrected chi connectivity index (χ4v) is 3.16. The summed E-state index contributed by atoms with van der Waals surface area (Å²) in [5, 5.41) is 11.4. The number of aromatic hydroxyl groups is 1. The molecule has 1 atom stereocenters. The van der Waals surface area contributed by atoms with Crippen LogP contribution in [-0.2, 0) is 9.53 Å². The van der Waals surface area contributed by atoms with Gasteiger partial charge in [0.15, 0.2) is 6.61 Å². The summed E-state index contributed by atoms with van der Waals surface area (Å²) in [6, 6.07) is 9.92. The number of carbonyl (C=O) groups is 2. The zero-order chi connectivity index (χ0) is 19.6. The number of halogens is 3. The van der Waals surface area contributed by atoms with Gasteiger partial charge in [-0.2, -0.15) is 13.2 Å². The number of amides is 1. The van der Waals surface area contributed by atoms with E-state index in [1.165, 1.54) is 12.1 Å². The lowest BCUT2D eigenvalue weighted by Gasteiger charge is -2.33. The van der Waals surface area contributed by atoms with Crippen LogP contribution < -0.4 is 0 Å². The molecule has 27 heavy (non-hydrogen) atoms. The molecular weight excluding hydrogens is 363 g/mol. The number of likely N-dealkylation sites (tertiary alicyclic amines) is 1. The third-order valence-corrected chi connectivity index (χ3v) is 4.65. The molecule has 0 radical (unpaired) electrons. The van der Waals surface area contributed by atoms with E-state index < -0.39 is 37.1 Å². The number of phenolic OH excluding ortho intramolecular Hbond substituents is 1. The van der Waals surface area contributed by atoms with Crippen LogP contribution in [0, 0.1) is 5.92 Å². The zero-order valence-electron chi connectivity index (χ0n) is 14.3. The number of hydrogen-bond acceptors (Lipinski definition) is 4. The van der Waals surface area contributed by atoms with E-state index >= 15 is 0 Å². The molecule has 1 amide bonds. The first-order valence-electron chi connectivity index (χ1n) is 8.49. The van der Waals surface area contributed by atoms with E-state index in [1.54, 1.807) is 24.3 Å². The Morgan fingerprint density at radius 2 is 1.85 bits per heavy atom. The first-order valence-corrected chi connectivity index (χ1v) is 8.49. The van der Waals surface area contributed by atoms with E-state index in [4.69, 9.17) is 4.74 Å². The van der Waals surface area contributed by atoms with E-state index in [0.29, 0.717) is 5.39 Å². The minimum Gasteiger partial charge on any atom is -0.507 e. The number of carbonyl (C=O) groups excluding carboxylic acids is 2. The highest BCUT2D eigenvalue weighted by molar-refractivity contribution is 5.99. The number of hydrogen-bond donors (Lipinski definition) is 1. The minimum atomic E-state index is -4.35. The molecule has 1 heterocycles. The van der Waals surface area contributed by atoms with Gasteiger partial charge in [-0.3, -0.25) is 4.79 Å². The molecule has 1 aliphatic rings. The van der Waals surface area contributed by atoms with Crippen LogP contribution in [0.25, 0.3) is 10.8 Å². The molecule has 1 fully saturated rings. The van der Waals surface area contributed by atoms with Crippen molar-refractivity contribution in [2.24, 2.45) is 5.92 Å². The molecule has 144 valence electrons. The maximum Gasteiger partial charge on any atom is 0.393 e. The highest BCUT2D eigenvalue weighted by atomic mass is 19.4. The lowest BCUT2D eigenvalue weighted by molar-refractivity contribution is -0.188. The van der Waals surface area contributed by atoms with Crippen molar-refractivity contribution in [1.82, 2.24) is 4.90 Å². The number of ether oxygens (including phenoxy) is 1. The Hall–Kier alpha value is -2.77. The predicted molar refractivity (Wildman–Crippen MR) is 91.3 cm³/mol. The smallest absolute Gasteiger partial charge is 0.393 e. The average Bonchev–Trinajstić information content (AvgIpc) is 2.64. The van der Waals surface area contributed by atoms with Crippen LogP contribution in [0.5, 0.6) is 5.75 Å². The summed E-state index contributed by atoms with van der Waals surface area (Å²) in [7, 11) is 0. The van der Waals surface area contributed by atoms with E-state index in [0.717, 1.165) is 10.3 Å². The van der Waals surface area contributed by atoms with Crippen LogP contribution in [-0.4, -0.2) is 47.8 Å². The number of esters is 1. The molecule has 0 spiro atoms. The summed E-state index contributed by atoms with van der Waals surface area (Å²) in [6.45, 7) is -0.902. The highest BCUT2D eigenvalue weighted by Gasteiger charge is 2.42. The summed E-state index contributed by atoms with van der Waals surface area (Å²) in [5.74, 6) is -3.44. The van der Waals surface area contributed by atoms with Crippen molar-refractivity contribution in [3.05, 3.63) is 42.0 Å². The SMILES string of the molecule is O=C(OCC(=O)N1CCC[C@H](C(F)(F)F)C1)c1cc2ccccc2cc1O. The predicted octanol–water partition coefficient (Wildman–Crippen LogP) is 3.50. The lowest BCUT2D eigenvalue weighted by atomic mass is 9.97. The average molecular weight is 381 g/mol. The van der Waals surface area contributed by atoms with E-state index in [1.807, 2.05) is 0 Å². The van der Waals surface area contributed by atoms with Crippen LogP contribution >= 0.6 is 0 Å². The van der Waals surface area contributed by atoms with Gasteiger partial charge in [0.05, 0.1) is 5.92 Å². The van der Waals surface area contributed by atoms with E-state index in [9.17, 15) is 27.9 Å². The van der Waals surface area contributed by atoms with Gasteiger partial charge >= 0.3 is 12.1 Å². The minimum absolute atomic E-state index is 0.0158. The summed E-state index contributed by atoms with van der Waals surface area (Å²) in [5.41, 5.74) is -0.103. The number of phenols is 1. The summed E-state index contributed by atoms with van der Waals surface area (Å²) in [6.07, 6.45) is -4.13. The van der Waals surface area contributed by atoms with Crippen molar-refractivity contribution in [3.63, 3.8) is 0 Å². The zero-order valence-corrected chi connectivity index (χ0v) is 14.3. The fourth-order valence-electron chi connectivity index (χ4n) is 3.16. The largest absolute Gasteiger partial charge is 0.507 e. The van der Waals surface area contributed by atoms with Crippen LogP contribution in [0.2, 0.25) is 0 Å². The van der Waals surface area contributed by atoms with Gasteiger partial charge in [-0.05, 0) is 35.7 Å². The van der Waals surface area contributed by atoms with Crippen molar-refractivity contribution in [3.8, 4) is 5.75 Å². The monoisotopic (exact) mass is 381 g/mol. The van der Waals surface area contributed by atoms with Crippen molar-refractivity contribution >= 4 is 22.6 Å². The summed E-state index contributed by atoms with van der Waals surface area (Å²) < 4.78 is 43.4. The number of alkyl halides is 3. The Bertz CT molecular complexity index is 866. The summed E-state index contributed by atoms with van der Waals surface area (Å²) >= 11 is 0. The van der Waals surface area contributed by atoms with Gasteiger partial charge in [0.1, 0.15) is 11.3 Å². The molecule has 0 bridgehead atoms. The van der Waals surface area contributed by atoms with Crippen LogP contribution in [0.15, 0.2) is 36.4 Å². The second-order valence-corrected chi connectivity index (χ2v) is 6.51. The molecule has 5 nitrogen and oxygen atoms in total. The van der Waals surface area contributed by atoms with Gasteiger partial charge in [-0.25, -0.2) is 4.79 Å². The maximum atomic E-state index is 12.8. The Labute approximate surface area is 153 Å². The first kappa shape index (κ1) is 19.0. The standard InChI is InChI=1S/C19H18F3NO4/c20-19(21,22)14-6-3-7-23(10-14)17(25)11-27-18(26)15-8-12-4-1-2-5-13(12)9-16(15)24/h1-2,4-5,8-9,14,24H,3,6-7,10-11H2/t14-/m0/s1. The topological polar surface area (TPSA) is 66.8 Å². The van der Waals surface area contributed by atoms with Crippen molar-refractivity contribution in [2.45, 2.75) is 19.0 Å². The lowest BCUT2D eigenvalue weighted by Crippen LogP contribution is -2.46. The van der Waals surface area contributed by atoms with Crippen LogP contribution in [0.1, 0.15) is 23.2 Å². The quantitative estimate of drug-likeness (QED) is 0.827. The molecule has 0 aromatic heterocycles. The molecular formula is C19H18F3NO4. The highest BCUT2D eigenvalue weighted by Crippen LogP contribution is 2.33. The molecule has 8 heteroatoms. The van der Waals surface area contributed by atoms with Crippen LogP contribution in [0.3, 0.4) is 0 Å². The first-order chi connectivity index (χ1) is 12.8. The molecule has 3 rings (SSSR count). The number of rotatable bonds is 3. The second kappa shape index (κ2) is 7.46. The Balaban J connectivity index is 1.63. The third-order valence-electron chi connectivity index (χ3n) is 4.65. The second-order valence-electron chi connectivity index (χ2n) is 6.51. The molecule has 0 aliphatic carbocycles. The number of benzene rings is 2. The van der Waals surface area contributed by atoms with Crippen molar-refractivity contribution < 1.29 is 32.6 Å². The van der Waals surface area contributed by atoms with Gasteiger partial charge in [0.25, 0.3) is 5.91 Å². The van der Waals surface area contributed by atoms with Crippen molar-refractivity contribution in [1.29, 1.82) is 0 Å². The Morgan fingerprint density at radius 1 is 1.19 bits per heavy atom. The van der Waals surface area contributed by atoms with Crippen molar-refractivity contribution in [2.75, 3.05) is 19.7 Å². The molecule has 0 unspecified atom stereocenters. The normalized spacial score (nSPS) is 17.7. The number of nitrogens with zero attached hydrogens (tertiary/aromatic N) is 1. The molecule has 0 saturated carbocycles. The van der Waals surface area contributed by atoms with Gasteiger partial charge in [0.2, 0.25) is 0 Å². The number of piperidine rings is 1. The van der Waals surface area contributed by atoms with Gasteiger partial charge in [0, 0.05) is 13.1 Å². The third kappa shape index (κ3) is 4.32. The molecule has 2 aromatic carbocycles. The van der Waals surface area contributed by atoms with Gasteiger partial charge < -0.3 is 14.7 Å².